The Hall–Kier alpha value is -1.10. The summed E-state index contributed by atoms with van der Waals surface area (Å²) in [5.74, 6) is -2.12. The average molecular weight is 162 g/mol. The van der Waals surface area contributed by atoms with E-state index in [0.29, 0.717) is 0 Å². The highest BCUT2D eigenvalue weighted by atomic mass is 16.5. The molecule has 0 radical (unpaired) electrons. The zero-order valence-corrected chi connectivity index (χ0v) is 6.11. The van der Waals surface area contributed by atoms with E-state index in [-0.39, 0.29) is 6.61 Å². The van der Waals surface area contributed by atoms with Crippen molar-refractivity contribution in [2.45, 2.75) is 19.4 Å². The molecule has 1 atom stereocenters. The SMILES string of the molecule is CCOC(=O)[C@H](O)CC(=O)O. The van der Waals surface area contributed by atoms with E-state index in [2.05, 4.69) is 4.74 Å². The van der Waals surface area contributed by atoms with Crippen molar-refractivity contribution in [3.63, 3.8) is 0 Å². The van der Waals surface area contributed by atoms with E-state index in [1.54, 1.807) is 6.92 Å². The summed E-state index contributed by atoms with van der Waals surface area (Å²) < 4.78 is 4.35. The maximum Gasteiger partial charge on any atom is 0.335 e. The number of hydrogen-bond acceptors (Lipinski definition) is 4. The molecule has 0 spiro atoms. The molecule has 0 heterocycles. The van der Waals surface area contributed by atoms with Gasteiger partial charge in [0.1, 0.15) is 0 Å². The maximum atomic E-state index is 10.5. The zero-order valence-electron chi connectivity index (χ0n) is 6.11. The fourth-order valence-corrected chi connectivity index (χ4v) is 0.487. The number of carboxylic acid groups (broad SMARTS) is 1. The maximum absolute atomic E-state index is 10.5. The third-order valence-corrected chi connectivity index (χ3v) is 0.927. The minimum atomic E-state index is -1.55. The Labute approximate surface area is 63.6 Å². The molecule has 0 aliphatic rings. The van der Waals surface area contributed by atoms with Crippen molar-refractivity contribution in [3.05, 3.63) is 0 Å². The molecule has 0 aromatic heterocycles. The van der Waals surface area contributed by atoms with Gasteiger partial charge in [-0.1, -0.05) is 0 Å². The monoisotopic (exact) mass is 162 g/mol. The number of carboxylic acids is 1. The molecule has 0 unspecified atom stereocenters. The molecule has 2 N–H and O–H groups in total. The van der Waals surface area contributed by atoms with Crippen LogP contribution in [0.3, 0.4) is 0 Å². The van der Waals surface area contributed by atoms with Crippen molar-refractivity contribution in [2.24, 2.45) is 0 Å². The van der Waals surface area contributed by atoms with Crippen LogP contribution in [0.1, 0.15) is 13.3 Å². The smallest absolute Gasteiger partial charge is 0.335 e. The molecule has 0 aliphatic carbocycles. The molecule has 0 aromatic rings. The van der Waals surface area contributed by atoms with Gasteiger partial charge in [-0.15, -0.1) is 0 Å². The Morgan fingerprint density at radius 1 is 1.55 bits per heavy atom. The number of aliphatic hydroxyl groups excluding tert-OH is 1. The Morgan fingerprint density at radius 3 is 2.45 bits per heavy atom. The third kappa shape index (κ3) is 4.32. The van der Waals surface area contributed by atoms with Gasteiger partial charge in [-0.05, 0) is 6.92 Å². The summed E-state index contributed by atoms with van der Waals surface area (Å²) in [5.41, 5.74) is 0. The van der Waals surface area contributed by atoms with E-state index in [1.807, 2.05) is 0 Å². The Balaban J connectivity index is 3.73. The van der Waals surface area contributed by atoms with Crippen LogP contribution in [0.4, 0.5) is 0 Å². The van der Waals surface area contributed by atoms with Crippen molar-refractivity contribution < 1.29 is 24.5 Å². The summed E-state index contributed by atoms with van der Waals surface area (Å²) in [7, 11) is 0. The van der Waals surface area contributed by atoms with Gasteiger partial charge < -0.3 is 14.9 Å². The second kappa shape index (κ2) is 4.68. The van der Waals surface area contributed by atoms with E-state index in [0.717, 1.165) is 0 Å². The summed E-state index contributed by atoms with van der Waals surface area (Å²) in [5, 5.41) is 16.9. The number of carbonyl (C=O) groups is 2. The fourth-order valence-electron chi connectivity index (χ4n) is 0.487. The Bertz CT molecular complexity index is 153. The van der Waals surface area contributed by atoms with Crippen LogP contribution in [0, 0.1) is 0 Å². The lowest BCUT2D eigenvalue weighted by Gasteiger charge is -2.05. The largest absolute Gasteiger partial charge is 0.481 e. The van der Waals surface area contributed by atoms with Crippen LogP contribution >= 0.6 is 0 Å². The van der Waals surface area contributed by atoms with E-state index < -0.39 is 24.5 Å². The quantitative estimate of drug-likeness (QED) is 0.538. The highest BCUT2D eigenvalue weighted by Gasteiger charge is 2.18. The first-order valence-electron chi connectivity index (χ1n) is 3.14. The molecule has 0 saturated carbocycles. The number of ether oxygens (including phenoxy) is 1. The van der Waals surface area contributed by atoms with Crippen molar-refractivity contribution >= 4 is 11.9 Å². The number of carbonyl (C=O) groups excluding carboxylic acids is 1. The van der Waals surface area contributed by atoms with Gasteiger partial charge in [0.2, 0.25) is 0 Å². The Morgan fingerprint density at radius 2 is 2.09 bits per heavy atom. The zero-order chi connectivity index (χ0) is 8.85. The van der Waals surface area contributed by atoms with Gasteiger partial charge in [-0.2, -0.15) is 0 Å². The molecule has 0 rings (SSSR count). The molecular formula is C6H10O5. The fraction of sp³-hybridized carbons (Fsp3) is 0.667. The highest BCUT2D eigenvalue weighted by Crippen LogP contribution is 1.94. The van der Waals surface area contributed by atoms with Gasteiger partial charge in [0, 0.05) is 0 Å². The summed E-state index contributed by atoms with van der Waals surface area (Å²) in [4.78, 5) is 20.5. The van der Waals surface area contributed by atoms with Crippen molar-refractivity contribution in [3.8, 4) is 0 Å². The van der Waals surface area contributed by atoms with E-state index >= 15 is 0 Å². The van der Waals surface area contributed by atoms with E-state index in [1.165, 1.54) is 0 Å². The van der Waals surface area contributed by atoms with Crippen LogP contribution in [-0.4, -0.2) is 34.9 Å². The van der Waals surface area contributed by atoms with Gasteiger partial charge in [0.15, 0.2) is 6.10 Å². The van der Waals surface area contributed by atoms with Gasteiger partial charge in [-0.3, -0.25) is 4.79 Å². The lowest BCUT2D eigenvalue weighted by atomic mass is 10.2. The van der Waals surface area contributed by atoms with Crippen molar-refractivity contribution in [1.29, 1.82) is 0 Å². The number of aliphatic hydroxyl groups is 1. The molecule has 0 fully saturated rings. The summed E-state index contributed by atoms with van der Waals surface area (Å²) in [6, 6.07) is 0. The lowest BCUT2D eigenvalue weighted by molar-refractivity contribution is -0.157. The molecule has 0 bridgehead atoms. The van der Waals surface area contributed by atoms with Crippen LogP contribution in [0.2, 0.25) is 0 Å². The second-order valence-corrected chi connectivity index (χ2v) is 1.87. The molecule has 64 valence electrons. The predicted octanol–water partition coefficient (Wildman–Crippen LogP) is -0.615. The van der Waals surface area contributed by atoms with Crippen LogP contribution in [0.25, 0.3) is 0 Å². The normalized spacial score (nSPS) is 12.2. The standard InChI is InChI=1S/C6H10O5/c1-2-11-6(10)4(7)3-5(8)9/h4,7H,2-3H2,1H3,(H,8,9)/t4-/m1/s1. The molecule has 0 amide bonds. The molecule has 0 aromatic carbocycles. The summed E-state index contributed by atoms with van der Waals surface area (Å²) in [6.45, 7) is 1.71. The van der Waals surface area contributed by atoms with Gasteiger partial charge in [0.25, 0.3) is 0 Å². The summed E-state index contributed by atoms with van der Waals surface area (Å²) in [6.07, 6.45) is -2.16. The minimum absolute atomic E-state index is 0.134. The molecular weight excluding hydrogens is 152 g/mol. The van der Waals surface area contributed by atoms with Gasteiger partial charge in [0.05, 0.1) is 13.0 Å². The number of aliphatic carboxylic acids is 1. The van der Waals surface area contributed by atoms with Crippen LogP contribution < -0.4 is 0 Å². The number of esters is 1. The first-order valence-corrected chi connectivity index (χ1v) is 3.14. The second-order valence-electron chi connectivity index (χ2n) is 1.87. The van der Waals surface area contributed by atoms with Crippen LogP contribution in [0.5, 0.6) is 0 Å². The first kappa shape index (κ1) is 9.90. The Kier molecular flexibility index (Phi) is 4.21. The minimum Gasteiger partial charge on any atom is -0.481 e. The average Bonchev–Trinajstić information content (AvgIpc) is 1.86. The number of hydrogen-bond donors (Lipinski definition) is 2. The topological polar surface area (TPSA) is 83.8 Å². The molecule has 0 aliphatic heterocycles. The van der Waals surface area contributed by atoms with Gasteiger partial charge >= 0.3 is 11.9 Å². The molecule has 11 heavy (non-hydrogen) atoms. The highest BCUT2D eigenvalue weighted by molar-refractivity contribution is 5.80. The predicted molar refractivity (Wildman–Crippen MR) is 34.9 cm³/mol. The first-order chi connectivity index (χ1) is 5.07. The van der Waals surface area contributed by atoms with Crippen LogP contribution in [-0.2, 0) is 14.3 Å². The van der Waals surface area contributed by atoms with Gasteiger partial charge in [-0.25, -0.2) is 4.79 Å². The third-order valence-electron chi connectivity index (χ3n) is 0.927. The molecule has 5 nitrogen and oxygen atoms in total. The van der Waals surface area contributed by atoms with Crippen molar-refractivity contribution in [1.82, 2.24) is 0 Å². The lowest BCUT2D eigenvalue weighted by Crippen LogP contribution is -2.25. The summed E-state index contributed by atoms with van der Waals surface area (Å²) >= 11 is 0. The number of rotatable bonds is 4. The van der Waals surface area contributed by atoms with E-state index in [4.69, 9.17) is 10.2 Å². The molecule has 0 saturated heterocycles. The molecule has 5 heteroatoms. The van der Waals surface area contributed by atoms with Crippen LogP contribution in [0.15, 0.2) is 0 Å². The van der Waals surface area contributed by atoms with Crippen molar-refractivity contribution in [2.75, 3.05) is 6.61 Å². The van der Waals surface area contributed by atoms with E-state index in [9.17, 15) is 9.59 Å².